The van der Waals surface area contributed by atoms with E-state index < -0.39 is 35.4 Å². The highest BCUT2D eigenvalue weighted by atomic mass is 19.4. The third-order valence-corrected chi connectivity index (χ3v) is 5.91. The highest BCUT2D eigenvalue weighted by Crippen LogP contribution is 2.37. The van der Waals surface area contributed by atoms with Crippen molar-refractivity contribution in [2.45, 2.75) is 58.0 Å². The summed E-state index contributed by atoms with van der Waals surface area (Å²) in [6.45, 7) is 4.71. The molecule has 224 valence electrons. The molecule has 0 radical (unpaired) electrons. The minimum atomic E-state index is -4.78. The van der Waals surface area contributed by atoms with Crippen LogP contribution in [0, 0.1) is 0 Å². The fourth-order valence-corrected chi connectivity index (χ4v) is 3.92. The predicted octanol–water partition coefficient (Wildman–Crippen LogP) is 5.55. The number of alkyl carbamates (subject to hydrolysis) is 1. The van der Waals surface area contributed by atoms with Crippen LogP contribution in [0.3, 0.4) is 0 Å². The van der Waals surface area contributed by atoms with Crippen LogP contribution in [0.1, 0.15) is 61.4 Å². The number of carbonyl (C=O) groups excluding carboxylic acids is 2. The molecular formula is C28H27F3N8O4. The maximum Gasteiger partial charge on any atom is 0.433 e. The molecular weight excluding hydrogens is 569 g/mol. The van der Waals surface area contributed by atoms with Gasteiger partial charge in [-0.2, -0.15) is 13.2 Å². The van der Waals surface area contributed by atoms with E-state index in [-0.39, 0.29) is 29.4 Å². The average molecular weight is 597 g/mol. The number of carbonyl (C=O) groups is 2. The van der Waals surface area contributed by atoms with Gasteiger partial charge in [0.2, 0.25) is 5.88 Å². The molecule has 0 saturated heterocycles. The zero-order chi connectivity index (χ0) is 30.8. The Balaban J connectivity index is 1.30. The monoisotopic (exact) mass is 596 g/mol. The second kappa shape index (κ2) is 11.7. The first kappa shape index (κ1) is 29.4. The van der Waals surface area contributed by atoms with Crippen molar-refractivity contribution in [3.05, 3.63) is 71.9 Å². The number of aromatic nitrogens is 6. The molecule has 0 spiro atoms. The van der Waals surface area contributed by atoms with Crippen molar-refractivity contribution in [3.63, 3.8) is 0 Å². The second-order valence-electron chi connectivity index (χ2n) is 10.7. The van der Waals surface area contributed by atoms with Crippen LogP contribution in [-0.4, -0.2) is 47.3 Å². The third kappa shape index (κ3) is 7.81. The van der Waals surface area contributed by atoms with E-state index in [4.69, 9.17) is 9.47 Å². The quantitative estimate of drug-likeness (QED) is 0.267. The van der Waals surface area contributed by atoms with Gasteiger partial charge < -0.3 is 24.7 Å². The summed E-state index contributed by atoms with van der Waals surface area (Å²) in [5, 5.41) is 13.2. The van der Waals surface area contributed by atoms with Crippen LogP contribution in [0.2, 0.25) is 0 Å². The van der Waals surface area contributed by atoms with E-state index >= 15 is 0 Å². The number of hydrogen-bond donors (Lipinski definition) is 2. The van der Waals surface area contributed by atoms with Gasteiger partial charge in [0.1, 0.15) is 40.6 Å². The number of rotatable bonds is 8. The molecule has 0 aliphatic heterocycles. The number of halogens is 3. The topological polar surface area (TPSA) is 146 Å². The number of alkyl halides is 3. The summed E-state index contributed by atoms with van der Waals surface area (Å²) >= 11 is 0. The molecule has 0 atom stereocenters. The van der Waals surface area contributed by atoms with E-state index in [9.17, 15) is 22.8 Å². The Bertz CT molecular complexity index is 1650. The Kier molecular flexibility index (Phi) is 7.98. The molecule has 0 bridgehead atoms. The lowest BCUT2D eigenvalue weighted by Crippen LogP contribution is -2.32. The largest absolute Gasteiger partial charge is 0.444 e. The molecule has 1 aliphatic rings. The van der Waals surface area contributed by atoms with Gasteiger partial charge in [-0.25, -0.2) is 14.8 Å². The van der Waals surface area contributed by atoms with Crippen molar-refractivity contribution >= 4 is 17.8 Å². The lowest BCUT2D eigenvalue weighted by atomic mass is 10.2. The highest BCUT2D eigenvalue weighted by Gasteiger charge is 2.34. The lowest BCUT2D eigenvalue weighted by Gasteiger charge is -2.20. The van der Waals surface area contributed by atoms with E-state index in [1.54, 1.807) is 45.3 Å². The Hall–Kier alpha value is -5.08. The van der Waals surface area contributed by atoms with Crippen molar-refractivity contribution in [2.24, 2.45) is 0 Å². The second-order valence-corrected chi connectivity index (χ2v) is 10.7. The number of ether oxygens (including phenoxy) is 2. The number of anilines is 1. The van der Waals surface area contributed by atoms with Gasteiger partial charge >= 0.3 is 12.3 Å². The van der Waals surface area contributed by atoms with E-state index in [0.29, 0.717) is 17.6 Å². The lowest BCUT2D eigenvalue weighted by molar-refractivity contribution is -0.141. The third-order valence-electron chi connectivity index (χ3n) is 5.91. The smallest absolute Gasteiger partial charge is 0.433 e. The summed E-state index contributed by atoms with van der Waals surface area (Å²) in [6, 6.07) is 10.0. The molecule has 43 heavy (non-hydrogen) atoms. The number of nitrogens with one attached hydrogen (secondary N) is 2. The van der Waals surface area contributed by atoms with Crippen LogP contribution in [-0.2, 0) is 17.5 Å². The summed E-state index contributed by atoms with van der Waals surface area (Å²) in [6.07, 6.45) is -0.594. The zero-order valence-corrected chi connectivity index (χ0v) is 23.3. The SMILES string of the molecule is CC(C)(C)OC(=O)NCc1cc(Oc2ccnc(C(=O)Nc3cccc(-c4nncn4C4CC4)n3)c2)nc(C(F)(F)F)c1. The van der Waals surface area contributed by atoms with Crippen molar-refractivity contribution < 1.29 is 32.2 Å². The number of pyridine rings is 3. The molecule has 1 fully saturated rings. The minimum absolute atomic E-state index is 0.0114. The first-order chi connectivity index (χ1) is 20.3. The molecule has 4 aromatic heterocycles. The van der Waals surface area contributed by atoms with Crippen molar-refractivity contribution in [1.82, 2.24) is 35.0 Å². The van der Waals surface area contributed by atoms with E-state index in [1.807, 2.05) is 4.57 Å². The Morgan fingerprint density at radius 1 is 1.07 bits per heavy atom. The number of amides is 2. The molecule has 0 aromatic carbocycles. The fraction of sp³-hybridized carbons (Fsp3) is 0.321. The summed E-state index contributed by atoms with van der Waals surface area (Å²) in [5.41, 5.74) is -1.49. The van der Waals surface area contributed by atoms with Crippen LogP contribution in [0.5, 0.6) is 11.6 Å². The van der Waals surface area contributed by atoms with E-state index in [0.717, 1.165) is 18.9 Å². The zero-order valence-electron chi connectivity index (χ0n) is 23.3. The number of nitrogens with zero attached hydrogens (tertiary/aromatic N) is 6. The van der Waals surface area contributed by atoms with Crippen LogP contribution in [0.15, 0.2) is 55.0 Å². The molecule has 5 rings (SSSR count). The highest BCUT2D eigenvalue weighted by molar-refractivity contribution is 6.02. The van der Waals surface area contributed by atoms with Gasteiger partial charge in [0.05, 0.1) is 0 Å². The average Bonchev–Trinajstić information content (AvgIpc) is 3.66. The van der Waals surface area contributed by atoms with Crippen LogP contribution in [0.4, 0.5) is 23.8 Å². The Labute approximate surface area is 243 Å². The molecule has 0 unspecified atom stereocenters. The van der Waals surface area contributed by atoms with E-state index in [2.05, 4.69) is 35.8 Å². The van der Waals surface area contributed by atoms with Crippen molar-refractivity contribution in [1.29, 1.82) is 0 Å². The number of hydrogen-bond acceptors (Lipinski definition) is 9. The summed E-state index contributed by atoms with van der Waals surface area (Å²) in [4.78, 5) is 37.0. The Morgan fingerprint density at radius 2 is 1.86 bits per heavy atom. The van der Waals surface area contributed by atoms with E-state index in [1.165, 1.54) is 24.4 Å². The van der Waals surface area contributed by atoms with Gasteiger partial charge in [0.25, 0.3) is 5.91 Å². The van der Waals surface area contributed by atoms with Gasteiger partial charge in [-0.15, -0.1) is 10.2 Å². The van der Waals surface area contributed by atoms with Crippen molar-refractivity contribution in [2.75, 3.05) is 5.32 Å². The summed E-state index contributed by atoms with van der Waals surface area (Å²) in [5.74, 6) is -0.193. The maximum absolute atomic E-state index is 13.6. The van der Waals surface area contributed by atoms with Crippen LogP contribution in [0.25, 0.3) is 11.5 Å². The first-order valence-corrected chi connectivity index (χ1v) is 13.2. The predicted molar refractivity (Wildman–Crippen MR) is 146 cm³/mol. The maximum atomic E-state index is 13.6. The van der Waals surface area contributed by atoms with Crippen LogP contribution >= 0.6 is 0 Å². The molecule has 4 aromatic rings. The fourth-order valence-electron chi connectivity index (χ4n) is 3.92. The van der Waals surface area contributed by atoms with Gasteiger partial charge in [0.15, 0.2) is 5.82 Å². The molecule has 15 heteroatoms. The standard InChI is InChI=1S/C28H27F3N8O4/c1-27(2,3)43-26(41)33-14-16-11-21(28(29,30)31)36-23(12-16)42-18-9-10-32-20(13-18)25(40)37-22-6-4-5-19(35-22)24-38-34-15-39(24)17-7-8-17/h4-6,9-13,15,17H,7-8,14H2,1-3H3,(H,33,41)(H,35,37,40). The van der Waals surface area contributed by atoms with Gasteiger partial charge in [-0.05, 0) is 63.4 Å². The van der Waals surface area contributed by atoms with Gasteiger partial charge in [-0.3, -0.25) is 9.78 Å². The first-order valence-electron chi connectivity index (χ1n) is 13.2. The van der Waals surface area contributed by atoms with Gasteiger partial charge in [0, 0.05) is 30.9 Å². The molecule has 1 saturated carbocycles. The molecule has 12 nitrogen and oxygen atoms in total. The molecule has 4 heterocycles. The minimum Gasteiger partial charge on any atom is -0.444 e. The van der Waals surface area contributed by atoms with Crippen molar-refractivity contribution in [3.8, 4) is 23.1 Å². The molecule has 1 aliphatic carbocycles. The normalized spacial score (nSPS) is 13.3. The molecule has 2 amide bonds. The summed E-state index contributed by atoms with van der Waals surface area (Å²) < 4.78 is 53.3. The Morgan fingerprint density at radius 3 is 2.58 bits per heavy atom. The summed E-state index contributed by atoms with van der Waals surface area (Å²) in [7, 11) is 0. The van der Waals surface area contributed by atoms with Crippen LogP contribution < -0.4 is 15.4 Å². The molecule has 2 N–H and O–H groups in total. The van der Waals surface area contributed by atoms with Gasteiger partial charge in [-0.1, -0.05) is 6.07 Å².